The van der Waals surface area contributed by atoms with Gasteiger partial charge in [-0.2, -0.15) is 0 Å². The number of carboxylic acid groups (broad SMARTS) is 1. The highest BCUT2D eigenvalue weighted by molar-refractivity contribution is 5.92. The summed E-state index contributed by atoms with van der Waals surface area (Å²) in [5.41, 5.74) is 10.8. The molecule has 0 bridgehead atoms. The predicted octanol–water partition coefficient (Wildman–Crippen LogP) is -1.16. The van der Waals surface area contributed by atoms with E-state index < -0.39 is 47.7 Å². The summed E-state index contributed by atoms with van der Waals surface area (Å²) in [5.74, 6) is -3.81. The summed E-state index contributed by atoms with van der Waals surface area (Å²) in [4.78, 5) is 59.0. The van der Waals surface area contributed by atoms with E-state index in [2.05, 4.69) is 16.0 Å². The van der Waals surface area contributed by atoms with Crippen molar-refractivity contribution >= 4 is 29.6 Å². The quantitative estimate of drug-likeness (QED) is 0.200. The third-order valence-corrected chi connectivity index (χ3v) is 4.64. The number of hydrogen-bond donors (Lipinski definition) is 6. The fourth-order valence-corrected chi connectivity index (χ4v) is 2.56. The zero-order valence-electron chi connectivity index (χ0n) is 18.1. The molecule has 0 heterocycles. The van der Waals surface area contributed by atoms with Crippen LogP contribution < -0.4 is 27.4 Å². The second kappa shape index (κ2) is 13.5. The maximum Gasteiger partial charge on any atom is 0.326 e. The van der Waals surface area contributed by atoms with Gasteiger partial charge in [0.15, 0.2) is 0 Å². The zero-order chi connectivity index (χ0) is 23.4. The largest absolute Gasteiger partial charge is 0.480 e. The lowest BCUT2D eigenvalue weighted by atomic mass is 9.99. The van der Waals surface area contributed by atoms with E-state index in [1.54, 1.807) is 0 Å². The third kappa shape index (κ3) is 10.7. The number of carbonyl (C=O) groups excluding carboxylic acids is 4. The molecule has 0 aliphatic rings. The lowest BCUT2D eigenvalue weighted by Crippen LogP contribution is -2.54. The minimum atomic E-state index is -1.32. The van der Waals surface area contributed by atoms with Crippen LogP contribution in [-0.2, 0) is 24.0 Å². The summed E-state index contributed by atoms with van der Waals surface area (Å²) in [6, 6.07) is -3.07. The zero-order valence-corrected chi connectivity index (χ0v) is 18.1. The molecular weight excluding hydrogens is 394 g/mol. The van der Waals surface area contributed by atoms with Gasteiger partial charge < -0.3 is 32.5 Å². The predicted molar refractivity (Wildman–Crippen MR) is 110 cm³/mol. The van der Waals surface area contributed by atoms with E-state index in [4.69, 9.17) is 11.5 Å². The van der Waals surface area contributed by atoms with Crippen molar-refractivity contribution in [2.45, 2.75) is 71.5 Å². The van der Waals surface area contributed by atoms with Gasteiger partial charge in [0.1, 0.15) is 12.1 Å². The van der Waals surface area contributed by atoms with Gasteiger partial charge in [-0.25, -0.2) is 4.79 Å². The van der Waals surface area contributed by atoms with E-state index in [0.717, 1.165) is 0 Å². The Morgan fingerprint density at radius 3 is 2.03 bits per heavy atom. The molecule has 0 aromatic carbocycles. The van der Waals surface area contributed by atoms with Gasteiger partial charge in [-0.05, 0) is 24.7 Å². The second-order valence-corrected chi connectivity index (χ2v) is 7.78. The Morgan fingerprint density at radius 1 is 0.967 bits per heavy atom. The van der Waals surface area contributed by atoms with Crippen LogP contribution in [0.2, 0.25) is 0 Å². The molecule has 0 aromatic rings. The molecule has 0 aliphatic heterocycles. The minimum absolute atomic E-state index is 0.0170. The first-order valence-electron chi connectivity index (χ1n) is 10.0. The first-order chi connectivity index (χ1) is 13.9. The molecule has 0 rings (SSSR count). The molecule has 4 unspecified atom stereocenters. The van der Waals surface area contributed by atoms with E-state index in [0.29, 0.717) is 6.42 Å². The van der Waals surface area contributed by atoms with Gasteiger partial charge in [0.05, 0.1) is 12.6 Å². The van der Waals surface area contributed by atoms with Gasteiger partial charge in [-0.3, -0.25) is 19.2 Å². The summed E-state index contributed by atoms with van der Waals surface area (Å²) in [5, 5.41) is 16.5. The number of nitrogens with one attached hydrogen (secondary N) is 3. The fourth-order valence-electron chi connectivity index (χ4n) is 2.56. The third-order valence-electron chi connectivity index (χ3n) is 4.64. The molecule has 172 valence electrons. The van der Waals surface area contributed by atoms with E-state index in [1.165, 1.54) is 0 Å². The second-order valence-electron chi connectivity index (χ2n) is 7.78. The van der Waals surface area contributed by atoms with Crippen LogP contribution >= 0.6 is 0 Å². The first-order valence-corrected chi connectivity index (χ1v) is 10.0. The van der Waals surface area contributed by atoms with Crippen LogP contribution in [0.5, 0.6) is 0 Å². The highest BCUT2D eigenvalue weighted by atomic mass is 16.4. The Bertz CT molecular complexity index is 625. The number of aliphatic carboxylic acids is 1. The van der Waals surface area contributed by atoms with Crippen molar-refractivity contribution in [3.8, 4) is 0 Å². The highest BCUT2D eigenvalue weighted by Gasteiger charge is 2.28. The van der Waals surface area contributed by atoms with Crippen molar-refractivity contribution in [2.75, 3.05) is 6.54 Å². The van der Waals surface area contributed by atoms with E-state index in [1.807, 2.05) is 27.7 Å². The molecule has 4 atom stereocenters. The Labute approximate surface area is 176 Å². The Hall–Kier alpha value is -2.69. The van der Waals surface area contributed by atoms with Gasteiger partial charge in [-0.15, -0.1) is 0 Å². The molecule has 0 saturated carbocycles. The monoisotopic (exact) mass is 429 g/mol. The van der Waals surface area contributed by atoms with Crippen molar-refractivity contribution in [1.82, 2.24) is 16.0 Å². The summed E-state index contributed by atoms with van der Waals surface area (Å²) in [6.07, 6.45) is 0.585. The number of primary amides is 1. The molecule has 0 radical (unpaired) electrons. The summed E-state index contributed by atoms with van der Waals surface area (Å²) in [6.45, 7) is 7.02. The van der Waals surface area contributed by atoms with E-state index in [9.17, 15) is 29.1 Å². The number of carboxylic acids is 1. The molecule has 8 N–H and O–H groups in total. The lowest BCUT2D eigenvalue weighted by molar-refractivity contribution is -0.142. The van der Waals surface area contributed by atoms with Gasteiger partial charge in [-0.1, -0.05) is 34.1 Å². The summed E-state index contributed by atoms with van der Waals surface area (Å²) in [7, 11) is 0. The van der Waals surface area contributed by atoms with Crippen LogP contribution in [0.1, 0.15) is 53.4 Å². The van der Waals surface area contributed by atoms with Crippen molar-refractivity contribution in [1.29, 1.82) is 0 Å². The number of nitrogens with two attached hydrogens (primary N) is 2. The van der Waals surface area contributed by atoms with Crippen LogP contribution in [0.15, 0.2) is 0 Å². The first kappa shape index (κ1) is 27.3. The summed E-state index contributed by atoms with van der Waals surface area (Å²) >= 11 is 0. The maximum atomic E-state index is 12.5. The normalized spacial score (nSPS) is 14.9. The standard InChI is InChI=1S/C19H35N5O6/c1-5-11(4)16(21)18(28)22-9-15(26)23-13(8-10(2)3)17(27)24-12(19(29)30)6-7-14(20)25/h10-13,16H,5-9,21H2,1-4H3,(H2,20,25)(H,22,28)(H,23,26)(H,24,27)(H,29,30). The molecule has 0 saturated heterocycles. The molecule has 0 fully saturated rings. The average Bonchev–Trinajstić information content (AvgIpc) is 2.66. The number of hydrogen-bond acceptors (Lipinski definition) is 6. The molecule has 0 spiro atoms. The fraction of sp³-hybridized carbons (Fsp3) is 0.737. The van der Waals surface area contributed by atoms with Crippen LogP contribution in [0.4, 0.5) is 0 Å². The van der Waals surface area contributed by atoms with Gasteiger partial charge in [0, 0.05) is 6.42 Å². The molecule has 0 aliphatic carbocycles. The Balaban J connectivity index is 4.95. The molecule has 0 aromatic heterocycles. The number of carbonyl (C=O) groups is 5. The van der Waals surface area contributed by atoms with Crippen LogP contribution in [0.25, 0.3) is 0 Å². The molecule has 11 heteroatoms. The smallest absolute Gasteiger partial charge is 0.326 e. The highest BCUT2D eigenvalue weighted by Crippen LogP contribution is 2.07. The van der Waals surface area contributed by atoms with Crippen molar-refractivity contribution in [3.05, 3.63) is 0 Å². The Morgan fingerprint density at radius 2 is 1.57 bits per heavy atom. The number of rotatable bonds is 14. The number of amides is 4. The molecule has 4 amide bonds. The molecule has 30 heavy (non-hydrogen) atoms. The van der Waals surface area contributed by atoms with Gasteiger partial charge >= 0.3 is 5.97 Å². The van der Waals surface area contributed by atoms with Crippen molar-refractivity contribution in [2.24, 2.45) is 23.3 Å². The van der Waals surface area contributed by atoms with Crippen molar-refractivity contribution in [3.63, 3.8) is 0 Å². The van der Waals surface area contributed by atoms with Crippen LogP contribution in [0.3, 0.4) is 0 Å². The van der Waals surface area contributed by atoms with Gasteiger partial charge in [0.25, 0.3) is 0 Å². The maximum absolute atomic E-state index is 12.5. The minimum Gasteiger partial charge on any atom is -0.480 e. The Kier molecular flexibility index (Phi) is 12.3. The topological polar surface area (TPSA) is 194 Å². The SMILES string of the molecule is CCC(C)C(N)C(=O)NCC(=O)NC(CC(C)C)C(=O)NC(CCC(N)=O)C(=O)O. The molecular formula is C19H35N5O6. The summed E-state index contributed by atoms with van der Waals surface area (Å²) < 4.78 is 0. The van der Waals surface area contributed by atoms with E-state index >= 15 is 0 Å². The van der Waals surface area contributed by atoms with Gasteiger partial charge in [0.2, 0.25) is 23.6 Å². The van der Waals surface area contributed by atoms with Crippen molar-refractivity contribution < 1.29 is 29.1 Å². The van der Waals surface area contributed by atoms with E-state index in [-0.39, 0.29) is 37.6 Å². The van der Waals surface area contributed by atoms with Crippen LogP contribution in [0, 0.1) is 11.8 Å². The lowest BCUT2D eigenvalue weighted by Gasteiger charge is -2.23. The average molecular weight is 430 g/mol. The molecule has 11 nitrogen and oxygen atoms in total. The van der Waals surface area contributed by atoms with Crippen LogP contribution in [-0.4, -0.2) is 59.4 Å².